The maximum Gasteiger partial charge on any atom is 1.00 e. The summed E-state index contributed by atoms with van der Waals surface area (Å²) in [7, 11) is -46.4. The van der Waals surface area contributed by atoms with E-state index in [-0.39, 0.29) is 259 Å². The number of hydrogen-bond acceptors (Lipinski definition) is 38. The first-order valence-corrected chi connectivity index (χ1v) is 38.8. The fourth-order valence-corrected chi connectivity index (χ4v) is 13.7. The fraction of sp³-hybridized carbons (Fsp3) is 0.440. The average Bonchev–Trinajstić information content (AvgIpc) is 0.753. The molecular weight excluding hydrogens is 1740 g/mol. The van der Waals surface area contributed by atoms with Gasteiger partial charge in [-0.1, -0.05) is 84.9 Å². The van der Waals surface area contributed by atoms with Crippen molar-refractivity contribution in [2.24, 2.45) is 0 Å². The van der Waals surface area contributed by atoms with Gasteiger partial charge in [0, 0.05) is 48.6 Å². The van der Waals surface area contributed by atoms with Gasteiger partial charge in [0.1, 0.15) is 48.8 Å². The van der Waals surface area contributed by atoms with Gasteiger partial charge in [0.15, 0.2) is 0 Å². The normalized spacial score (nSPS) is 22.1. The van der Waals surface area contributed by atoms with Crippen LogP contribution in [0.1, 0.15) is 57.5 Å². The van der Waals surface area contributed by atoms with Crippen LogP contribution in [0.25, 0.3) is 11.1 Å². The van der Waals surface area contributed by atoms with Gasteiger partial charge >= 0.3 is 257 Å². The zero-order valence-electron chi connectivity index (χ0n) is 58.9. The molecule has 0 bridgehead atoms. The van der Waals surface area contributed by atoms with Gasteiger partial charge in [0.25, 0.3) is 11.8 Å². The van der Waals surface area contributed by atoms with E-state index in [9.17, 15) is 114 Å². The van der Waals surface area contributed by atoms with Crippen LogP contribution in [0.3, 0.4) is 0 Å². The third kappa shape index (κ3) is 41.9. The molecule has 2 saturated heterocycles. The summed E-state index contributed by atoms with van der Waals surface area (Å²) in [4.78, 5) is 54.5. The Hall–Kier alpha value is 1.56. The molecular formula is C50H54N4Na8O40S8. The van der Waals surface area contributed by atoms with Crippen molar-refractivity contribution in [2.45, 2.75) is 111 Å². The third-order valence-corrected chi connectivity index (χ3v) is 17.8. The zero-order chi connectivity index (χ0) is 76.2. The van der Waals surface area contributed by atoms with E-state index in [1.54, 1.807) is 0 Å². The quantitative estimate of drug-likeness (QED) is 0.0139. The maximum atomic E-state index is 15.2. The summed E-state index contributed by atoms with van der Waals surface area (Å²) in [6, 6.07) is 17.4. The van der Waals surface area contributed by atoms with Crippen LogP contribution in [0.15, 0.2) is 109 Å². The number of benzene rings is 4. The molecule has 0 aliphatic carbocycles. The molecule has 0 spiro atoms. The van der Waals surface area contributed by atoms with Gasteiger partial charge in [0.05, 0.1) is 25.3 Å². The molecule has 0 unspecified atom stereocenters. The predicted molar refractivity (Wildman–Crippen MR) is 317 cm³/mol. The molecule has 0 saturated carbocycles. The number of rotatable bonds is 37. The Kier molecular flexibility index (Phi) is 52.2. The monoisotopic (exact) mass is 1790 g/mol. The minimum absolute atomic E-state index is 0. The van der Waals surface area contributed by atoms with Crippen molar-refractivity contribution in [3.05, 3.63) is 131 Å². The standard InChI is InChI=1S/C50H60N4O40S8.8Na/c55-39(21-19-35(89-97(67,68)69)27-85-95(61,62)63)51-25-37-41(91-99(73,74)75)43(93-101(79,80)81)45(49(59,87-37)23-29-7-3-1-4-8-29)53-47(57)33-15-11-31(12-16-33)32-13-17-34(18-14-32)48(58)54-46-44(94-102(82,83)84)42(92-100(76,77)78)38(88-50(46,60)24-30-9-5-2-6-10-30)26-52-40(56)22-20-36(90-98(70,71)72)28-86-96(64,65)66;;;;;;;;/h1-18,35-38,41-46H,19-28H2,(H,51,55)(H,52,56)(H,53,57)(H,54,58)(H,61,62,63)(H,64,65,66)(H,67,68,69)(H,70,71,72)(H,73,74,75)(H,76,77,78)(H,79,80,81)(H,82,83,84);;;;;;;;/q-2;8*+1/p-6/t35-,36-,37+,38+,41+,42+,43-,44-,45+,46+,49-,50-;;;;;;;;/m0......../s1. The van der Waals surface area contributed by atoms with E-state index in [2.05, 4.69) is 44.1 Å². The second-order valence-corrected chi connectivity index (χ2v) is 29.8. The zero-order valence-corrected chi connectivity index (χ0v) is 81.4. The molecule has 4 aromatic rings. The first-order chi connectivity index (χ1) is 46.8. The summed E-state index contributed by atoms with van der Waals surface area (Å²) in [5.74, 6) is -12.0. The average molecular weight is 1790 g/mol. The van der Waals surface area contributed by atoms with Crippen LogP contribution in [0.4, 0.5) is 0 Å². The van der Waals surface area contributed by atoms with Crippen LogP contribution in [0.2, 0.25) is 0 Å². The molecule has 0 aromatic heterocycles. The Labute approximate surface area is 808 Å². The van der Waals surface area contributed by atoms with Gasteiger partial charge in [0.2, 0.25) is 74.2 Å². The van der Waals surface area contributed by atoms with Crippen LogP contribution in [0, 0.1) is 0 Å². The van der Waals surface area contributed by atoms with Gasteiger partial charge in [-0.3, -0.25) is 53.4 Å². The topological polar surface area (TPSA) is 707 Å². The summed E-state index contributed by atoms with van der Waals surface area (Å²) in [5.41, 5.74) is -0.520. The molecule has 2 fully saturated rings. The van der Waals surface area contributed by atoms with Crippen LogP contribution >= 0.6 is 0 Å². The van der Waals surface area contributed by atoms with Gasteiger partial charge < -0.3 is 68.3 Å². The van der Waals surface area contributed by atoms with Crippen LogP contribution < -0.4 is 268 Å². The van der Waals surface area contributed by atoms with E-state index in [0.717, 1.165) is 24.3 Å². The Morgan fingerprint density at radius 2 is 0.718 bits per heavy atom. The van der Waals surface area contributed by atoms with Crippen molar-refractivity contribution < 1.29 is 413 Å². The molecule has 0 radical (unpaired) electrons. The van der Waals surface area contributed by atoms with E-state index in [4.69, 9.17) is 18.6 Å². The smallest absolute Gasteiger partial charge is 0.827 e. The van der Waals surface area contributed by atoms with E-state index in [0.29, 0.717) is 0 Å². The Morgan fingerprint density at radius 3 is 1.01 bits per heavy atom. The summed E-state index contributed by atoms with van der Waals surface area (Å²) in [6.07, 6.45) is -25.8. The van der Waals surface area contributed by atoms with E-state index in [1.807, 2.05) is 10.6 Å². The molecule has 570 valence electrons. The van der Waals surface area contributed by atoms with E-state index < -0.39 is 255 Å². The van der Waals surface area contributed by atoms with Crippen molar-refractivity contribution in [1.82, 2.24) is 21.3 Å². The molecule has 4 amide bonds. The van der Waals surface area contributed by atoms with Crippen molar-refractivity contribution in [2.75, 3.05) is 26.3 Å². The molecule has 2 aliphatic rings. The van der Waals surface area contributed by atoms with E-state index >= 15 is 10.2 Å². The minimum Gasteiger partial charge on any atom is -0.827 e. The third-order valence-electron chi connectivity index (χ3n) is 14.1. The maximum absolute atomic E-state index is 15.2. The number of ether oxygens (including phenoxy) is 2. The molecule has 60 heteroatoms. The number of nitrogens with one attached hydrogen (secondary N) is 4. The first kappa shape index (κ1) is 116. The van der Waals surface area contributed by atoms with Crippen molar-refractivity contribution in [1.29, 1.82) is 0 Å². The SMILES string of the molecule is O=C(CC[C@@H](COS(=O)(=O)[O-])OS(=O)(=O)[O-])NC[C@H]1O[C@@]([O-])(Cc2ccccc2)[C@H](NC(=O)c2ccc(-c3ccc(C(=O)N[C@@H]4[C@@H](OS(=O)(=O)[O-])[C@H](OS(=O)(=O)[O-])[C@@H](CNC(=O)CC[C@@H](COS(=O)(=O)O)OS(=O)(=O)O)O[C@@]4([O-])Cc4ccccc4)cc3)cc2)[C@@H](OS(=O)(=O)[O-])[C@@H]1OS(=O)(=O)[O-].[Na+].[Na+].[Na+].[Na+].[Na+].[Na+].[Na+].[Na+]. The Balaban J connectivity index is -0.0000143. The summed E-state index contributed by atoms with van der Waals surface area (Å²) >= 11 is 0. The number of amides is 4. The number of carbonyl (C=O) groups is 4. The summed E-state index contributed by atoms with van der Waals surface area (Å²) in [6.45, 7) is -5.15. The molecule has 6 N–H and O–H groups in total. The van der Waals surface area contributed by atoms with E-state index in [1.165, 1.54) is 84.9 Å². The van der Waals surface area contributed by atoms with Crippen molar-refractivity contribution in [3.8, 4) is 11.1 Å². The molecule has 44 nitrogen and oxygen atoms in total. The molecule has 12 atom stereocenters. The van der Waals surface area contributed by atoms with Crippen LogP contribution in [-0.2, 0) is 149 Å². The van der Waals surface area contributed by atoms with Gasteiger partial charge in [-0.2, -0.15) is 16.8 Å². The number of carbonyl (C=O) groups excluding carboxylic acids is 4. The molecule has 110 heavy (non-hydrogen) atoms. The van der Waals surface area contributed by atoms with Gasteiger partial charge in [-0.15, -0.1) is 0 Å². The number of hydrogen-bond donors (Lipinski definition) is 6. The van der Waals surface area contributed by atoms with Crippen LogP contribution in [0.5, 0.6) is 0 Å². The Morgan fingerprint density at radius 1 is 0.409 bits per heavy atom. The first-order valence-electron chi connectivity index (χ1n) is 28.1. The van der Waals surface area contributed by atoms with Crippen molar-refractivity contribution in [3.63, 3.8) is 0 Å². The second-order valence-electron chi connectivity index (χ2n) is 21.6. The fourth-order valence-electron chi connectivity index (χ4n) is 10.1. The van der Waals surface area contributed by atoms with Crippen LogP contribution in [-0.4, -0.2) is 226 Å². The molecule has 2 heterocycles. The van der Waals surface area contributed by atoms with Gasteiger partial charge in [-0.25, -0.2) is 58.9 Å². The van der Waals surface area contributed by atoms with Gasteiger partial charge in [-0.05, 0) is 72.2 Å². The molecule has 4 aromatic carbocycles. The predicted octanol–water partition coefficient (Wildman–Crippen LogP) is -30.5. The second kappa shape index (κ2) is 49.6. The summed E-state index contributed by atoms with van der Waals surface area (Å²) in [5, 5.41) is 38.7. The minimum atomic E-state index is -6.17. The largest absolute Gasteiger partial charge is 1.00 e. The molecule has 6 rings (SSSR count). The summed E-state index contributed by atoms with van der Waals surface area (Å²) < 4.78 is 323. The Bertz CT molecular complexity index is 4320. The molecule has 2 aliphatic heterocycles. The van der Waals surface area contributed by atoms with Crippen molar-refractivity contribution >= 4 is 107 Å².